The van der Waals surface area contributed by atoms with E-state index >= 15 is 0 Å². The van der Waals surface area contributed by atoms with E-state index in [0.717, 1.165) is 11.1 Å². The Morgan fingerprint density at radius 3 is 2.50 bits per heavy atom. The minimum Gasteiger partial charge on any atom is -0.504 e. The summed E-state index contributed by atoms with van der Waals surface area (Å²) >= 11 is 5.92. The zero-order valence-corrected chi connectivity index (χ0v) is 9.53. The average molecular weight is 235 g/mol. The van der Waals surface area contributed by atoms with Gasteiger partial charge < -0.3 is 9.84 Å². The van der Waals surface area contributed by atoms with E-state index in [0.29, 0.717) is 10.8 Å². The van der Waals surface area contributed by atoms with Gasteiger partial charge in [0.25, 0.3) is 0 Å². The number of hydrogen-bond acceptors (Lipinski definition) is 2. The average Bonchev–Trinajstić information content (AvgIpc) is 2.29. The molecule has 0 heterocycles. The second kappa shape index (κ2) is 4.45. The molecule has 3 heteroatoms. The third-order valence-corrected chi connectivity index (χ3v) is 2.57. The van der Waals surface area contributed by atoms with Crippen molar-refractivity contribution in [3.8, 4) is 22.6 Å². The number of hydrogen-bond donors (Lipinski definition) is 1. The molecule has 2 aromatic carbocycles. The van der Waals surface area contributed by atoms with Crippen LogP contribution < -0.4 is 4.74 Å². The lowest BCUT2D eigenvalue weighted by Crippen LogP contribution is -1.85. The van der Waals surface area contributed by atoms with Crippen molar-refractivity contribution in [3.63, 3.8) is 0 Å². The van der Waals surface area contributed by atoms with Crippen molar-refractivity contribution in [2.45, 2.75) is 0 Å². The third kappa shape index (κ3) is 2.12. The van der Waals surface area contributed by atoms with Crippen molar-refractivity contribution in [2.75, 3.05) is 7.11 Å². The van der Waals surface area contributed by atoms with E-state index in [1.807, 2.05) is 30.3 Å². The fourth-order valence-electron chi connectivity index (χ4n) is 1.53. The largest absolute Gasteiger partial charge is 0.504 e. The van der Waals surface area contributed by atoms with E-state index in [9.17, 15) is 5.11 Å². The maximum Gasteiger partial charge on any atom is 0.161 e. The predicted octanol–water partition coefficient (Wildman–Crippen LogP) is 3.72. The summed E-state index contributed by atoms with van der Waals surface area (Å²) in [7, 11) is 1.52. The minimum atomic E-state index is 0.133. The van der Waals surface area contributed by atoms with E-state index in [-0.39, 0.29) is 5.75 Å². The van der Waals surface area contributed by atoms with Gasteiger partial charge in [0.2, 0.25) is 0 Å². The van der Waals surface area contributed by atoms with Crippen molar-refractivity contribution in [2.24, 2.45) is 0 Å². The summed E-state index contributed by atoms with van der Waals surface area (Å²) in [5, 5.41) is 10.2. The number of aromatic hydroxyl groups is 1. The lowest BCUT2D eigenvalue weighted by Gasteiger charge is -2.07. The van der Waals surface area contributed by atoms with E-state index in [1.165, 1.54) is 7.11 Å². The van der Waals surface area contributed by atoms with Crippen LogP contribution in [-0.4, -0.2) is 12.2 Å². The quantitative estimate of drug-likeness (QED) is 0.858. The topological polar surface area (TPSA) is 29.5 Å². The van der Waals surface area contributed by atoms with Crippen LogP contribution in [0.2, 0.25) is 5.02 Å². The normalized spacial score (nSPS) is 10.1. The van der Waals surface area contributed by atoms with Crippen LogP contribution in [0.25, 0.3) is 11.1 Å². The summed E-state index contributed by atoms with van der Waals surface area (Å²) in [6.45, 7) is 0. The summed E-state index contributed by atoms with van der Waals surface area (Å²) in [5.74, 6) is 0.589. The van der Waals surface area contributed by atoms with Gasteiger partial charge in [-0.05, 0) is 35.4 Å². The monoisotopic (exact) mass is 234 g/mol. The van der Waals surface area contributed by atoms with Crippen LogP contribution in [0.4, 0.5) is 0 Å². The molecule has 82 valence electrons. The van der Waals surface area contributed by atoms with Gasteiger partial charge in [-0.3, -0.25) is 0 Å². The van der Waals surface area contributed by atoms with Gasteiger partial charge in [-0.2, -0.15) is 0 Å². The van der Waals surface area contributed by atoms with Crippen LogP contribution in [-0.2, 0) is 0 Å². The highest BCUT2D eigenvalue weighted by Gasteiger charge is 2.04. The molecule has 0 saturated carbocycles. The molecule has 0 saturated heterocycles. The molecule has 0 aliphatic heterocycles. The molecule has 0 aliphatic rings. The van der Waals surface area contributed by atoms with E-state index < -0.39 is 0 Å². The maximum atomic E-state index is 9.49. The third-order valence-electron chi connectivity index (χ3n) is 2.34. The van der Waals surface area contributed by atoms with E-state index in [4.69, 9.17) is 16.3 Å². The van der Waals surface area contributed by atoms with Crippen LogP contribution in [0.3, 0.4) is 0 Å². The first-order valence-corrected chi connectivity index (χ1v) is 5.21. The van der Waals surface area contributed by atoms with Gasteiger partial charge in [0.05, 0.1) is 7.11 Å². The highest BCUT2D eigenvalue weighted by molar-refractivity contribution is 6.30. The first-order chi connectivity index (χ1) is 7.70. The van der Waals surface area contributed by atoms with Gasteiger partial charge in [-0.1, -0.05) is 29.8 Å². The van der Waals surface area contributed by atoms with Gasteiger partial charge in [0, 0.05) is 5.02 Å². The molecular formula is C13H11ClO2. The van der Waals surface area contributed by atoms with E-state index in [1.54, 1.807) is 12.1 Å². The van der Waals surface area contributed by atoms with Crippen LogP contribution in [0.15, 0.2) is 42.5 Å². The fourth-order valence-corrected chi connectivity index (χ4v) is 1.72. The molecule has 0 aromatic heterocycles. The summed E-state index contributed by atoms with van der Waals surface area (Å²) in [5.41, 5.74) is 1.95. The number of phenolic OH excluding ortho intramolecular Hbond substituents is 1. The lowest BCUT2D eigenvalue weighted by molar-refractivity contribution is 0.373. The molecule has 0 spiro atoms. The Kier molecular flexibility index (Phi) is 3.02. The molecule has 1 N–H and O–H groups in total. The predicted molar refractivity (Wildman–Crippen MR) is 65.1 cm³/mol. The van der Waals surface area contributed by atoms with Crippen LogP contribution in [0, 0.1) is 0 Å². The zero-order chi connectivity index (χ0) is 11.5. The van der Waals surface area contributed by atoms with Gasteiger partial charge in [-0.15, -0.1) is 0 Å². The molecule has 16 heavy (non-hydrogen) atoms. The van der Waals surface area contributed by atoms with Gasteiger partial charge >= 0.3 is 0 Å². The minimum absolute atomic E-state index is 0.133. The van der Waals surface area contributed by atoms with Crippen LogP contribution in [0.1, 0.15) is 0 Å². The number of benzene rings is 2. The molecule has 0 amide bonds. The molecule has 0 aliphatic carbocycles. The summed E-state index contributed by atoms with van der Waals surface area (Å²) < 4.78 is 5.05. The molecule has 0 bridgehead atoms. The molecule has 0 atom stereocenters. The fraction of sp³-hybridized carbons (Fsp3) is 0.0769. The summed E-state index contributed by atoms with van der Waals surface area (Å²) in [4.78, 5) is 0. The smallest absolute Gasteiger partial charge is 0.161 e. The SMILES string of the molecule is COc1cc(-c2cccc(Cl)c2)ccc1O. The van der Waals surface area contributed by atoms with Gasteiger partial charge in [0.1, 0.15) is 0 Å². The standard InChI is InChI=1S/C13H11ClO2/c1-16-13-8-10(5-6-12(13)15)9-3-2-4-11(14)7-9/h2-8,15H,1H3. The molecule has 2 nitrogen and oxygen atoms in total. The highest BCUT2D eigenvalue weighted by Crippen LogP contribution is 2.32. The highest BCUT2D eigenvalue weighted by atomic mass is 35.5. The molecule has 2 rings (SSSR count). The second-order valence-electron chi connectivity index (χ2n) is 3.40. The van der Waals surface area contributed by atoms with Crippen molar-refractivity contribution in [1.29, 1.82) is 0 Å². The number of ether oxygens (including phenoxy) is 1. The molecular weight excluding hydrogens is 224 g/mol. The summed E-state index contributed by atoms with van der Waals surface area (Å²) in [6, 6.07) is 12.7. The first kappa shape index (κ1) is 10.8. The van der Waals surface area contributed by atoms with Crippen LogP contribution >= 0.6 is 11.6 Å². The van der Waals surface area contributed by atoms with Crippen LogP contribution in [0.5, 0.6) is 11.5 Å². The van der Waals surface area contributed by atoms with Gasteiger partial charge in [0.15, 0.2) is 11.5 Å². The summed E-state index contributed by atoms with van der Waals surface area (Å²) in [6.07, 6.45) is 0. The first-order valence-electron chi connectivity index (χ1n) is 4.83. The second-order valence-corrected chi connectivity index (χ2v) is 3.83. The Morgan fingerprint density at radius 2 is 1.81 bits per heavy atom. The number of halogens is 1. The maximum absolute atomic E-state index is 9.49. The van der Waals surface area contributed by atoms with Crippen molar-refractivity contribution in [3.05, 3.63) is 47.5 Å². The Labute approximate surface area is 99.1 Å². The molecule has 0 radical (unpaired) electrons. The van der Waals surface area contributed by atoms with E-state index in [2.05, 4.69) is 0 Å². The Hall–Kier alpha value is -1.67. The van der Waals surface area contributed by atoms with Crippen molar-refractivity contribution < 1.29 is 9.84 Å². The molecule has 0 fully saturated rings. The Bertz CT molecular complexity index is 509. The lowest BCUT2D eigenvalue weighted by atomic mass is 10.1. The number of methoxy groups -OCH3 is 1. The van der Waals surface area contributed by atoms with Crippen molar-refractivity contribution >= 4 is 11.6 Å². The van der Waals surface area contributed by atoms with Crippen molar-refractivity contribution in [1.82, 2.24) is 0 Å². The van der Waals surface area contributed by atoms with Gasteiger partial charge in [-0.25, -0.2) is 0 Å². The zero-order valence-electron chi connectivity index (χ0n) is 8.77. The molecule has 2 aromatic rings. The molecule has 0 unspecified atom stereocenters. The number of phenols is 1. The number of rotatable bonds is 2. The Balaban J connectivity index is 2.48. The Morgan fingerprint density at radius 1 is 1.06 bits per heavy atom.